The van der Waals surface area contributed by atoms with Crippen LogP contribution in [0.5, 0.6) is 0 Å². The normalized spacial score (nSPS) is 14.2. The molecule has 3 heteroatoms. The fraction of sp³-hybridized carbons (Fsp3) is 0.0400. The molecular weight excluding hydrogens is 343 g/mol. The summed E-state index contributed by atoms with van der Waals surface area (Å²) < 4.78 is 0. The highest BCUT2D eigenvalue weighted by atomic mass is 16.4. The van der Waals surface area contributed by atoms with Crippen LogP contribution in [0.25, 0.3) is 16.8 Å². The molecule has 0 bridgehead atoms. The maximum Gasteiger partial charge on any atom is 0.489 e. The smallest absolute Gasteiger partial charge is 0.423 e. The number of rotatable bonds is 3. The molecular formula is C25H19BO2. The van der Waals surface area contributed by atoms with Crippen LogP contribution in [-0.2, 0) is 5.41 Å². The van der Waals surface area contributed by atoms with Gasteiger partial charge < -0.3 is 10.0 Å². The maximum atomic E-state index is 9.95. The summed E-state index contributed by atoms with van der Waals surface area (Å²) >= 11 is 0. The molecule has 0 fully saturated rings. The van der Waals surface area contributed by atoms with Crippen molar-refractivity contribution in [3.05, 3.63) is 119 Å². The third kappa shape index (κ3) is 2.37. The Balaban J connectivity index is 1.93. The van der Waals surface area contributed by atoms with Crippen LogP contribution in [-0.4, -0.2) is 17.2 Å². The van der Waals surface area contributed by atoms with Gasteiger partial charge in [-0.3, -0.25) is 0 Å². The van der Waals surface area contributed by atoms with Gasteiger partial charge in [-0.1, -0.05) is 103 Å². The predicted octanol–water partition coefficient (Wildman–Crippen LogP) is 3.88. The van der Waals surface area contributed by atoms with E-state index < -0.39 is 12.5 Å². The minimum absolute atomic E-state index is 0.420. The van der Waals surface area contributed by atoms with Gasteiger partial charge in [-0.15, -0.1) is 0 Å². The first-order valence-corrected chi connectivity index (χ1v) is 9.44. The maximum absolute atomic E-state index is 9.95. The Morgan fingerprint density at radius 3 is 1.75 bits per heavy atom. The quantitative estimate of drug-likeness (QED) is 0.543. The molecule has 134 valence electrons. The monoisotopic (exact) mass is 362 g/mol. The SMILES string of the molecule is OB(O)c1cc2c(c3ccccc13)C(c1ccccc1)(c1ccccc1)C=C2. The van der Waals surface area contributed by atoms with Crippen LogP contribution in [0.1, 0.15) is 22.3 Å². The molecule has 0 atom stereocenters. The summed E-state index contributed by atoms with van der Waals surface area (Å²) in [6.45, 7) is 0. The standard InChI is InChI=1S/C25H19BO2/c27-26(28)23-17-18-15-16-25(19-9-3-1-4-10-19,20-11-5-2-6-12-20)24(18)22-14-8-7-13-21(22)23/h1-17,27-28H. The van der Waals surface area contributed by atoms with Gasteiger partial charge in [0.05, 0.1) is 5.41 Å². The molecule has 0 unspecified atom stereocenters. The Morgan fingerprint density at radius 1 is 0.643 bits per heavy atom. The molecule has 5 rings (SSSR count). The van der Waals surface area contributed by atoms with Crippen molar-refractivity contribution in [2.45, 2.75) is 5.41 Å². The van der Waals surface area contributed by atoms with Gasteiger partial charge in [0.1, 0.15) is 0 Å². The van der Waals surface area contributed by atoms with Crippen molar-refractivity contribution in [2.24, 2.45) is 0 Å². The molecule has 0 aromatic heterocycles. The molecule has 0 spiro atoms. The second-order valence-electron chi connectivity index (χ2n) is 7.22. The Hall–Kier alpha value is -3.14. The summed E-state index contributed by atoms with van der Waals surface area (Å²) in [5.41, 5.74) is 4.71. The van der Waals surface area contributed by atoms with E-state index in [0.717, 1.165) is 16.3 Å². The second kappa shape index (κ2) is 6.48. The topological polar surface area (TPSA) is 40.5 Å². The van der Waals surface area contributed by atoms with E-state index in [9.17, 15) is 10.0 Å². The molecule has 0 saturated heterocycles. The zero-order valence-electron chi connectivity index (χ0n) is 15.3. The average molecular weight is 362 g/mol. The van der Waals surface area contributed by atoms with Crippen LogP contribution >= 0.6 is 0 Å². The Morgan fingerprint density at radius 2 is 1.18 bits per heavy atom. The number of hydrogen-bond acceptors (Lipinski definition) is 2. The highest BCUT2D eigenvalue weighted by Gasteiger charge is 2.40. The van der Waals surface area contributed by atoms with E-state index in [-0.39, 0.29) is 0 Å². The van der Waals surface area contributed by atoms with Gasteiger partial charge in [0.15, 0.2) is 0 Å². The molecule has 4 aromatic rings. The van der Waals surface area contributed by atoms with Gasteiger partial charge in [-0.05, 0) is 38.5 Å². The van der Waals surface area contributed by atoms with Crippen LogP contribution < -0.4 is 5.46 Å². The lowest BCUT2D eigenvalue weighted by Gasteiger charge is -2.32. The molecule has 0 aliphatic heterocycles. The van der Waals surface area contributed by atoms with Crippen LogP contribution in [0.4, 0.5) is 0 Å². The van der Waals surface area contributed by atoms with Crippen molar-refractivity contribution in [2.75, 3.05) is 0 Å². The molecule has 0 amide bonds. The van der Waals surface area contributed by atoms with Gasteiger partial charge in [-0.2, -0.15) is 0 Å². The lowest BCUT2D eigenvalue weighted by molar-refractivity contribution is 0.426. The molecule has 1 aliphatic carbocycles. The van der Waals surface area contributed by atoms with Crippen molar-refractivity contribution in [3.63, 3.8) is 0 Å². The van der Waals surface area contributed by atoms with Crippen LogP contribution in [0.15, 0.2) is 97.1 Å². The summed E-state index contributed by atoms with van der Waals surface area (Å²) in [4.78, 5) is 0. The number of fused-ring (bicyclic) bond motifs is 3. The van der Waals surface area contributed by atoms with Gasteiger partial charge in [0, 0.05) is 0 Å². The van der Waals surface area contributed by atoms with E-state index in [0.29, 0.717) is 5.46 Å². The minimum Gasteiger partial charge on any atom is -0.423 e. The highest BCUT2D eigenvalue weighted by molar-refractivity contribution is 6.62. The van der Waals surface area contributed by atoms with Crippen LogP contribution in [0, 0.1) is 0 Å². The summed E-state index contributed by atoms with van der Waals surface area (Å²) in [7, 11) is -1.51. The molecule has 0 saturated carbocycles. The van der Waals surface area contributed by atoms with E-state index in [1.165, 1.54) is 16.7 Å². The van der Waals surface area contributed by atoms with Crippen molar-refractivity contribution in [1.82, 2.24) is 0 Å². The number of hydrogen-bond donors (Lipinski definition) is 2. The zero-order valence-corrected chi connectivity index (χ0v) is 15.3. The van der Waals surface area contributed by atoms with Crippen molar-refractivity contribution >= 4 is 29.4 Å². The average Bonchev–Trinajstić information content (AvgIpc) is 3.15. The lowest BCUT2D eigenvalue weighted by atomic mass is 9.67. The Kier molecular flexibility index (Phi) is 3.94. The molecule has 0 heterocycles. The summed E-state index contributed by atoms with van der Waals surface area (Å²) in [6.07, 6.45) is 4.34. The first kappa shape index (κ1) is 17.0. The summed E-state index contributed by atoms with van der Waals surface area (Å²) in [6, 6.07) is 30.9. The molecule has 4 aromatic carbocycles. The zero-order chi connectivity index (χ0) is 19.1. The molecule has 2 nitrogen and oxygen atoms in total. The van der Waals surface area contributed by atoms with Crippen molar-refractivity contribution < 1.29 is 10.0 Å². The number of allylic oxidation sites excluding steroid dienone is 1. The third-order valence-electron chi connectivity index (χ3n) is 5.75. The fourth-order valence-electron chi connectivity index (χ4n) is 4.56. The molecule has 2 N–H and O–H groups in total. The van der Waals surface area contributed by atoms with E-state index in [1.807, 2.05) is 36.4 Å². The van der Waals surface area contributed by atoms with Crippen molar-refractivity contribution in [3.8, 4) is 0 Å². The van der Waals surface area contributed by atoms with Crippen LogP contribution in [0.2, 0.25) is 0 Å². The predicted molar refractivity (Wildman–Crippen MR) is 116 cm³/mol. The fourth-order valence-corrected chi connectivity index (χ4v) is 4.56. The van der Waals surface area contributed by atoms with E-state index in [4.69, 9.17) is 0 Å². The van der Waals surface area contributed by atoms with Crippen LogP contribution in [0.3, 0.4) is 0 Å². The molecule has 0 radical (unpaired) electrons. The number of benzene rings is 4. The van der Waals surface area contributed by atoms with E-state index in [1.54, 1.807) is 0 Å². The third-order valence-corrected chi connectivity index (χ3v) is 5.75. The largest absolute Gasteiger partial charge is 0.489 e. The van der Waals surface area contributed by atoms with Gasteiger partial charge in [-0.25, -0.2) is 0 Å². The Labute approximate surface area is 164 Å². The second-order valence-corrected chi connectivity index (χ2v) is 7.22. The molecule has 28 heavy (non-hydrogen) atoms. The van der Waals surface area contributed by atoms with Crippen molar-refractivity contribution in [1.29, 1.82) is 0 Å². The first-order chi connectivity index (χ1) is 13.7. The van der Waals surface area contributed by atoms with E-state index >= 15 is 0 Å². The van der Waals surface area contributed by atoms with E-state index in [2.05, 4.69) is 66.7 Å². The molecule has 1 aliphatic rings. The van der Waals surface area contributed by atoms with Gasteiger partial charge in [0.25, 0.3) is 0 Å². The first-order valence-electron chi connectivity index (χ1n) is 9.44. The minimum atomic E-state index is -1.51. The van der Waals surface area contributed by atoms with Gasteiger partial charge >= 0.3 is 7.12 Å². The summed E-state index contributed by atoms with van der Waals surface area (Å²) in [5, 5.41) is 21.8. The van der Waals surface area contributed by atoms with Gasteiger partial charge in [0.2, 0.25) is 0 Å². The lowest BCUT2D eigenvalue weighted by Crippen LogP contribution is -2.32. The summed E-state index contributed by atoms with van der Waals surface area (Å²) in [5.74, 6) is 0. The Bertz CT molecular complexity index is 1140. The highest BCUT2D eigenvalue weighted by Crippen LogP contribution is 2.49.